The van der Waals surface area contributed by atoms with E-state index in [0.717, 1.165) is 12.1 Å². The second-order valence-corrected chi connectivity index (χ2v) is 5.68. The van der Waals surface area contributed by atoms with Gasteiger partial charge in [-0.15, -0.1) is 0 Å². The number of aliphatic carboxylic acids is 1. The van der Waals surface area contributed by atoms with Crippen molar-refractivity contribution in [3.8, 4) is 0 Å². The summed E-state index contributed by atoms with van der Waals surface area (Å²) in [5, 5.41) is 13.4. The van der Waals surface area contributed by atoms with Gasteiger partial charge in [0.2, 0.25) is 0 Å². The number of carbonyl (C=O) groups excluding carboxylic acids is 1. The first-order valence-corrected chi connectivity index (χ1v) is 6.95. The largest absolute Gasteiger partial charge is 0.481 e. The minimum absolute atomic E-state index is 0.104. The van der Waals surface area contributed by atoms with Gasteiger partial charge in [-0.05, 0) is 18.8 Å². The maximum atomic E-state index is 12.6. The van der Waals surface area contributed by atoms with Gasteiger partial charge in [0, 0.05) is 26.3 Å². The van der Waals surface area contributed by atoms with E-state index < -0.39 is 11.9 Å². The predicted octanol–water partition coefficient (Wildman–Crippen LogP) is 1.48. The Bertz CT molecular complexity index is 522. The molecule has 0 aromatic carbocycles. The molecule has 0 radical (unpaired) electrons. The fraction of sp³-hybridized carbons (Fsp3) is 0.643. The molecule has 1 atom stereocenters. The van der Waals surface area contributed by atoms with E-state index in [1.54, 1.807) is 22.8 Å². The molecule has 1 amide bonds. The number of hydrogen-bond acceptors (Lipinski definition) is 3. The summed E-state index contributed by atoms with van der Waals surface area (Å²) in [6, 6.07) is 0. The average Bonchev–Trinajstić information content (AvgIpc) is 2.80. The summed E-state index contributed by atoms with van der Waals surface area (Å²) in [4.78, 5) is 25.3. The first-order valence-electron chi connectivity index (χ1n) is 6.95. The molecule has 6 nitrogen and oxygen atoms in total. The van der Waals surface area contributed by atoms with Crippen LogP contribution in [0.2, 0.25) is 0 Å². The van der Waals surface area contributed by atoms with E-state index in [1.807, 2.05) is 13.8 Å². The number of piperidine rings is 1. The van der Waals surface area contributed by atoms with Crippen LogP contribution < -0.4 is 0 Å². The van der Waals surface area contributed by atoms with Crippen LogP contribution >= 0.6 is 0 Å². The lowest BCUT2D eigenvalue weighted by atomic mass is 9.97. The number of nitrogens with zero attached hydrogens (tertiary/aromatic N) is 3. The van der Waals surface area contributed by atoms with Crippen molar-refractivity contribution in [2.24, 2.45) is 13.0 Å². The Morgan fingerprint density at radius 2 is 2.15 bits per heavy atom. The van der Waals surface area contributed by atoms with E-state index in [1.165, 1.54) is 0 Å². The molecule has 6 heteroatoms. The van der Waals surface area contributed by atoms with Crippen molar-refractivity contribution in [1.82, 2.24) is 14.7 Å². The number of hydrogen-bond donors (Lipinski definition) is 1. The van der Waals surface area contributed by atoms with Crippen LogP contribution in [0.25, 0.3) is 0 Å². The minimum Gasteiger partial charge on any atom is -0.481 e. The lowest BCUT2D eigenvalue weighted by Gasteiger charge is -2.30. The second-order valence-electron chi connectivity index (χ2n) is 5.68. The van der Waals surface area contributed by atoms with Gasteiger partial charge in [-0.2, -0.15) is 5.10 Å². The number of carbonyl (C=O) groups is 2. The zero-order chi connectivity index (χ0) is 14.9. The topological polar surface area (TPSA) is 75.4 Å². The zero-order valence-electron chi connectivity index (χ0n) is 12.2. The summed E-state index contributed by atoms with van der Waals surface area (Å²) in [5.41, 5.74) is 1.36. The van der Waals surface area contributed by atoms with E-state index in [9.17, 15) is 9.59 Å². The molecule has 1 saturated heterocycles. The van der Waals surface area contributed by atoms with Crippen molar-refractivity contribution in [1.29, 1.82) is 0 Å². The summed E-state index contributed by atoms with van der Waals surface area (Å²) in [6.07, 6.45) is 3.10. The van der Waals surface area contributed by atoms with Gasteiger partial charge in [-0.25, -0.2) is 0 Å². The highest BCUT2D eigenvalue weighted by molar-refractivity contribution is 5.95. The standard InChI is InChI=1S/C14H21N3O3/c1-9(2)12-11(8-16(3)15-12)13(18)17-6-4-5-10(7-17)14(19)20/h8-10H,4-7H2,1-3H3,(H,19,20). The Hall–Kier alpha value is -1.85. The average molecular weight is 279 g/mol. The van der Waals surface area contributed by atoms with E-state index in [-0.39, 0.29) is 11.8 Å². The van der Waals surface area contributed by atoms with Crippen molar-refractivity contribution in [3.05, 3.63) is 17.5 Å². The minimum atomic E-state index is -0.822. The number of aromatic nitrogens is 2. The molecule has 1 aliphatic rings. The van der Waals surface area contributed by atoms with Gasteiger partial charge in [-0.1, -0.05) is 13.8 Å². The number of rotatable bonds is 3. The zero-order valence-corrected chi connectivity index (χ0v) is 12.2. The monoisotopic (exact) mass is 279 g/mol. The summed E-state index contributed by atoms with van der Waals surface area (Å²) in [7, 11) is 1.79. The van der Waals surface area contributed by atoms with Gasteiger partial charge >= 0.3 is 5.97 Å². The fourth-order valence-corrected chi connectivity index (χ4v) is 2.63. The van der Waals surface area contributed by atoms with Crippen molar-refractivity contribution in [2.75, 3.05) is 13.1 Å². The van der Waals surface area contributed by atoms with Gasteiger partial charge in [0.1, 0.15) is 0 Å². The Morgan fingerprint density at radius 1 is 1.45 bits per heavy atom. The lowest BCUT2D eigenvalue weighted by Crippen LogP contribution is -2.42. The van der Waals surface area contributed by atoms with Crippen LogP contribution in [0.3, 0.4) is 0 Å². The van der Waals surface area contributed by atoms with Crippen LogP contribution in [-0.2, 0) is 11.8 Å². The first kappa shape index (κ1) is 14.6. The molecular weight excluding hydrogens is 258 g/mol. The molecule has 1 unspecified atom stereocenters. The van der Waals surface area contributed by atoms with Crippen LogP contribution in [-0.4, -0.2) is 44.8 Å². The van der Waals surface area contributed by atoms with Crippen LogP contribution in [0.5, 0.6) is 0 Å². The fourth-order valence-electron chi connectivity index (χ4n) is 2.63. The van der Waals surface area contributed by atoms with Crippen molar-refractivity contribution < 1.29 is 14.7 Å². The van der Waals surface area contributed by atoms with E-state index in [2.05, 4.69) is 5.10 Å². The number of amides is 1. The molecule has 0 saturated carbocycles. The van der Waals surface area contributed by atoms with Crippen LogP contribution in [0.15, 0.2) is 6.20 Å². The maximum absolute atomic E-state index is 12.6. The molecule has 2 rings (SSSR count). The van der Waals surface area contributed by atoms with E-state index >= 15 is 0 Å². The Labute approximate surface area is 118 Å². The Kier molecular flexibility index (Phi) is 4.11. The molecule has 110 valence electrons. The maximum Gasteiger partial charge on any atom is 0.308 e. The van der Waals surface area contributed by atoms with Crippen LogP contribution in [0, 0.1) is 5.92 Å². The van der Waals surface area contributed by atoms with Crippen molar-refractivity contribution in [3.63, 3.8) is 0 Å². The second kappa shape index (κ2) is 5.64. The number of carboxylic acid groups (broad SMARTS) is 1. The molecule has 20 heavy (non-hydrogen) atoms. The molecule has 1 fully saturated rings. The highest BCUT2D eigenvalue weighted by Gasteiger charge is 2.30. The summed E-state index contributed by atoms with van der Waals surface area (Å²) in [5.74, 6) is -1.22. The molecule has 1 N–H and O–H groups in total. The van der Waals surface area contributed by atoms with E-state index in [4.69, 9.17) is 5.11 Å². The first-order chi connectivity index (χ1) is 9.40. The molecule has 1 aliphatic heterocycles. The molecule has 1 aromatic rings. The van der Waals surface area contributed by atoms with Crippen LogP contribution in [0.4, 0.5) is 0 Å². The predicted molar refractivity (Wildman–Crippen MR) is 73.6 cm³/mol. The molecular formula is C14H21N3O3. The molecule has 2 heterocycles. The third kappa shape index (κ3) is 2.84. The number of aryl methyl sites for hydroxylation is 1. The molecule has 1 aromatic heterocycles. The van der Waals surface area contributed by atoms with Crippen molar-refractivity contribution in [2.45, 2.75) is 32.6 Å². The van der Waals surface area contributed by atoms with Crippen LogP contribution in [0.1, 0.15) is 48.7 Å². The highest BCUT2D eigenvalue weighted by atomic mass is 16.4. The number of likely N-dealkylation sites (tertiary alicyclic amines) is 1. The lowest BCUT2D eigenvalue weighted by molar-refractivity contribution is -0.143. The Balaban J connectivity index is 2.21. The van der Waals surface area contributed by atoms with Crippen molar-refractivity contribution >= 4 is 11.9 Å². The number of carboxylic acids is 1. The third-order valence-electron chi connectivity index (χ3n) is 3.69. The van der Waals surface area contributed by atoms with Gasteiger partial charge in [0.15, 0.2) is 0 Å². The highest BCUT2D eigenvalue weighted by Crippen LogP contribution is 2.23. The SMILES string of the molecule is CC(C)c1nn(C)cc1C(=O)N1CCCC(C(=O)O)C1. The molecule has 0 bridgehead atoms. The van der Waals surface area contributed by atoms with E-state index in [0.29, 0.717) is 25.1 Å². The Morgan fingerprint density at radius 3 is 2.75 bits per heavy atom. The van der Waals surface area contributed by atoms with Gasteiger partial charge in [0.05, 0.1) is 17.2 Å². The molecule has 0 aliphatic carbocycles. The van der Waals surface area contributed by atoms with Gasteiger partial charge in [-0.3, -0.25) is 14.3 Å². The summed E-state index contributed by atoms with van der Waals surface area (Å²) >= 11 is 0. The normalized spacial score (nSPS) is 19.4. The van der Waals surface area contributed by atoms with Gasteiger partial charge < -0.3 is 10.0 Å². The summed E-state index contributed by atoms with van der Waals surface area (Å²) < 4.78 is 1.64. The third-order valence-corrected chi connectivity index (χ3v) is 3.69. The quantitative estimate of drug-likeness (QED) is 0.909. The van der Waals surface area contributed by atoms with Gasteiger partial charge in [0.25, 0.3) is 5.91 Å². The summed E-state index contributed by atoms with van der Waals surface area (Å²) in [6.45, 7) is 4.90. The molecule has 0 spiro atoms. The smallest absolute Gasteiger partial charge is 0.308 e.